The number of halogens is 1. The maximum Gasteiger partial charge on any atom is 0.268 e. The van der Waals surface area contributed by atoms with E-state index in [1.807, 2.05) is 13.8 Å². The van der Waals surface area contributed by atoms with Crippen LogP contribution in [0.1, 0.15) is 24.3 Å². The second-order valence-corrected chi connectivity index (χ2v) is 4.79. The number of aromatic amines is 1. The lowest BCUT2D eigenvalue weighted by Gasteiger charge is -2.08. The molecule has 6 heteroatoms. The molecule has 0 aliphatic heterocycles. The quantitative estimate of drug-likeness (QED) is 0.793. The number of H-pyrrole nitrogens is 1. The number of fused-ring (bicyclic) bond motifs is 1. The molecular weight excluding hydrogens is 261 g/mol. The van der Waals surface area contributed by atoms with Crippen molar-refractivity contribution in [2.45, 2.75) is 19.9 Å². The number of carbonyl (C=O) groups excluding carboxylic acids is 2. The Morgan fingerprint density at radius 3 is 2.75 bits per heavy atom. The summed E-state index contributed by atoms with van der Waals surface area (Å²) in [7, 11) is 0. The molecular formula is C14H16FN3O2. The Bertz CT molecular complexity index is 649. The first-order valence-corrected chi connectivity index (χ1v) is 6.32. The first-order chi connectivity index (χ1) is 9.47. The van der Waals surface area contributed by atoms with Crippen LogP contribution in [-0.4, -0.2) is 29.4 Å². The molecule has 0 radical (unpaired) electrons. The highest BCUT2D eigenvalue weighted by Crippen LogP contribution is 2.18. The summed E-state index contributed by atoms with van der Waals surface area (Å²) in [5.41, 5.74) is 0.768. The predicted octanol–water partition coefficient (Wildman–Crippen LogP) is 1.56. The predicted molar refractivity (Wildman–Crippen MR) is 73.9 cm³/mol. The van der Waals surface area contributed by atoms with E-state index in [4.69, 9.17) is 0 Å². The van der Waals surface area contributed by atoms with Gasteiger partial charge in [-0.2, -0.15) is 0 Å². The molecule has 1 heterocycles. The Morgan fingerprint density at radius 1 is 1.35 bits per heavy atom. The molecule has 1 aromatic carbocycles. The number of hydrogen-bond donors (Lipinski definition) is 3. The third kappa shape index (κ3) is 3.14. The van der Waals surface area contributed by atoms with E-state index in [-0.39, 0.29) is 24.2 Å². The molecule has 0 atom stereocenters. The van der Waals surface area contributed by atoms with Crippen LogP contribution in [0.15, 0.2) is 24.3 Å². The highest BCUT2D eigenvalue weighted by molar-refractivity contribution is 5.99. The van der Waals surface area contributed by atoms with Crippen LogP contribution in [-0.2, 0) is 4.79 Å². The second-order valence-electron chi connectivity index (χ2n) is 4.79. The van der Waals surface area contributed by atoms with Crippen molar-refractivity contribution in [3.05, 3.63) is 35.8 Å². The van der Waals surface area contributed by atoms with Crippen molar-refractivity contribution < 1.29 is 14.0 Å². The molecule has 2 amide bonds. The fourth-order valence-corrected chi connectivity index (χ4v) is 1.87. The van der Waals surface area contributed by atoms with Gasteiger partial charge in [-0.3, -0.25) is 9.59 Å². The maximum atomic E-state index is 13.5. The van der Waals surface area contributed by atoms with Gasteiger partial charge in [0, 0.05) is 16.9 Å². The summed E-state index contributed by atoms with van der Waals surface area (Å²) in [5.74, 6) is -1.11. The number of aromatic nitrogens is 1. The largest absolute Gasteiger partial charge is 0.352 e. The van der Waals surface area contributed by atoms with Gasteiger partial charge in [0.15, 0.2) is 0 Å². The lowest BCUT2D eigenvalue weighted by Crippen LogP contribution is -2.39. The Balaban J connectivity index is 2.04. The van der Waals surface area contributed by atoms with Gasteiger partial charge in [0.25, 0.3) is 5.91 Å². The molecule has 2 rings (SSSR count). The Hall–Kier alpha value is -2.37. The van der Waals surface area contributed by atoms with Gasteiger partial charge >= 0.3 is 0 Å². The van der Waals surface area contributed by atoms with Gasteiger partial charge in [0.05, 0.1) is 6.54 Å². The molecule has 0 bridgehead atoms. The molecule has 3 N–H and O–H groups in total. The van der Waals surface area contributed by atoms with E-state index in [0.29, 0.717) is 10.9 Å². The summed E-state index contributed by atoms with van der Waals surface area (Å²) < 4.78 is 13.5. The molecule has 1 aromatic heterocycles. The zero-order valence-corrected chi connectivity index (χ0v) is 11.3. The third-order valence-electron chi connectivity index (χ3n) is 2.71. The summed E-state index contributed by atoms with van der Waals surface area (Å²) in [6.07, 6.45) is 0. The highest BCUT2D eigenvalue weighted by Gasteiger charge is 2.12. The fraction of sp³-hybridized carbons (Fsp3) is 0.286. The molecule has 20 heavy (non-hydrogen) atoms. The number of rotatable bonds is 4. The minimum Gasteiger partial charge on any atom is -0.352 e. The van der Waals surface area contributed by atoms with Gasteiger partial charge in [-0.05, 0) is 32.0 Å². The fourth-order valence-electron chi connectivity index (χ4n) is 1.87. The third-order valence-corrected chi connectivity index (χ3v) is 2.71. The summed E-state index contributed by atoms with van der Waals surface area (Å²) in [6.45, 7) is 3.55. The van der Waals surface area contributed by atoms with Crippen LogP contribution in [0.5, 0.6) is 0 Å². The Kier molecular flexibility index (Phi) is 4.02. The Morgan fingerprint density at radius 2 is 2.10 bits per heavy atom. The minimum absolute atomic E-state index is 0.0153. The molecule has 0 saturated heterocycles. The van der Waals surface area contributed by atoms with Crippen LogP contribution in [0.2, 0.25) is 0 Å². The van der Waals surface area contributed by atoms with E-state index in [0.717, 1.165) is 0 Å². The van der Waals surface area contributed by atoms with Crippen LogP contribution in [0.25, 0.3) is 10.9 Å². The molecule has 5 nitrogen and oxygen atoms in total. The molecule has 0 fully saturated rings. The van der Waals surface area contributed by atoms with E-state index in [1.54, 1.807) is 12.1 Å². The van der Waals surface area contributed by atoms with Crippen molar-refractivity contribution in [3.8, 4) is 0 Å². The lowest BCUT2D eigenvalue weighted by atomic mass is 10.2. The second kappa shape index (κ2) is 5.73. The van der Waals surface area contributed by atoms with Crippen LogP contribution in [0, 0.1) is 5.82 Å². The topological polar surface area (TPSA) is 74.0 Å². The average Bonchev–Trinajstić information content (AvgIpc) is 2.80. The summed E-state index contributed by atoms with van der Waals surface area (Å²) >= 11 is 0. The summed E-state index contributed by atoms with van der Waals surface area (Å²) in [4.78, 5) is 26.1. The van der Waals surface area contributed by atoms with Crippen LogP contribution in [0.3, 0.4) is 0 Å². The smallest absolute Gasteiger partial charge is 0.268 e. The standard InChI is InChI=1S/C14H16FN3O2/c1-8(2)17-13(19)7-16-14(20)12-6-9-10(15)4-3-5-11(9)18-12/h3-6,8,18H,7H2,1-2H3,(H,16,20)(H,17,19). The van der Waals surface area contributed by atoms with Crippen LogP contribution in [0.4, 0.5) is 4.39 Å². The first kappa shape index (κ1) is 14.0. The molecule has 0 aliphatic carbocycles. The van der Waals surface area contributed by atoms with Gasteiger partial charge in [0.1, 0.15) is 11.5 Å². The Labute approximate surface area is 115 Å². The number of benzene rings is 1. The van der Waals surface area contributed by atoms with Gasteiger partial charge in [-0.25, -0.2) is 4.39 Å². The molecule has 0 saturated carbocycles. The zero-order valence-electron chi connectivity index (χ0n) is 11.3. The number of carbonyl (C=O) groups is 2. The van der Waals surface area contributed by atoms with Gasteiger partial charge in [-0.15, -0.1) is 0 Å². The number of hydrogen-bond acceptors (Lipinski definition) is 2. The number of nitrogens with one attached hydrogen (secondary N) is 3. The van der Waals surface area contributed by atoms with E-state index in [9.17, 15) is 14.0 Å². The molecule has 0 aliphatic rings. The van der Waals surface area contributed by atoms with E-state index in [2.05, 4.69) is 15.6 Å². The van der Waals surface area contributed by atoms with E-state index in [1.165, 1.54) is 12.1 Å². The monoisotopic (exact) mass is 277 g/mol. The van der Waals surface area contributed by atoms with Crippen molar-refractivity contribution >= 4 is 22.7 Å². The normalized spacial score (nSPS) is 10.8. The lowest BCUT2D eigenvalue weighted by molar-refractivity contribution is -0.120. The summed E-state index contributed by atoms with van der Waals surface area (Å²) in [5, 5.41) is 5.49. The van der Waals surface area contributed by atoms with Crippen LogP contribution >= 0.6 is 0 Å². The van der Waals surface area contributed by atoms with Crippen molar-refractivity contribution in [3.63, 3.8) is 0 Å². The zero-order chi connectivity index (χ0) is 14.7. The van der Waals surface area contributed by atoms with Crippen molar-refractivity contribution in [1.29, 1.82) is 0 Å². The van der Waals surface area contributed by atoms with Gasteiger partial charge < -0.3 is 15.6 Å². The summed E-state index contributed by atoms with van der Waals surface area (Å²) in [6, 6.07) is 6.02. The average molecular weight is 277 g/mol. The van der Waals surface area contributed by atoms with Gasteiger partial charge in [-0.1, -0.05) is 6.07 Å². The van der Waals surface area contributed by atoms with E-state index >= 15 is 0 Å². The van der Waals surface area contributed by atoms with Crippen molar-refractivity contribution in [2.75, 3.05) is 6.54 Å². The first-order valence-electron chi connectivity index (χ1n) is 6.32. The molecule has 2 aromatic rings. The maximum absolute atomic E-state index is 13.5. The van der Waals surface area contributed by atoms with Gasteiger partial charge in [0.2, 0.25) is 5.91 Å². The van der Waals surface area contributed by atoms with Crippen LogP contribution < -0.4 is 10.6 Å². The molecule has 0 unspecified atom stereocenters. The molecule has 0 spiro atoms. The molecule has 106 valence electrons. The van der Waals surface area contributed by atoms with E-state index < -0.39 is 11.7 Å². The highest BCUT2D eigenvalue weighted by atomic mass is 19.1. The number of amides is 2. The SMILES string of the molecule is CC(C)NC(=O)CNC(=O)c1cc2c(F)cccc2[nH]1. The van der Waals surface area contributed by atoms with Crippen molar-refractivity contribution in [1.82, 2.24) is 15.6 Å². The minimum atomic E-state index is -0.445. The van der Waals surface area contributed by atoms with Crippen molar-refractivity contribution in [2.24, 2.45) is 0 Å².